The molecule has 0 amide bonds. The van der Waals surface area contributed by atoms with E-state index in [9.17, 15) is 26.4 Å². The van der Waals surface area contributed by atoms with E-state index in [2.05, 4.69) is 5.16 Å². The molecule has 1 aliphatic rings. The van der Waals surface area contributed by atoms with Crippen molar-refractivity contribution in [3.8, 4) is 0 Å². The van der Waals surface area contributed by atoms with Gasteiger partial charge in [0.05, 0.1) is 20.8 Å². The topological polar surface area (TPSA) is 72.8 Å². The molecule has 2 aromatic carbocycles. The maximum atomic E-state index is 16.1. The van der Waals surface area contributed by atoms with Crippen molar-refractivity contribution >= 4 is 56.1 Å². The number of Topliss-reactive ketones (excluding diaryl/α,β-unsaturated/α-hetero) is 1. The van der Waals surface area contributed by atoms with Crippen molar-refractivity contribution in [2.24, 2.45) is 17.0 Å². The lowest BCUT2D eigenvalue weighted by Gasteiger charge is -2.30. The molecule has 0 aromatic heterocycles. The second kappa shape index (κ2) is 11.8. The number of carbonyl (C=O) groups is 1. The van der Waals surface area contributed by atoms with Gasteiger partial charge in [0.2, 0.25) is 0 Å². The second-order valence-electron chi connectivity index (χ2n) is 10.3. The lowest BCUT2D eigenvalue weighted by Crippen LogP contribution is -2.42. The maximum absolute atomic E-state index is 16.1. The molecule has 0 saturated carbocycles. The Hall–Kier alpha value is -1.88. The van der Waals surface area contributed by atoms with Crippen LogP contribution in [0.1, 0.15) is 56.7 Å². The number of rotatable bonds is 10. The molecule has 0 spiro atoms. The zero-order valence-corrected chi connectivity index (χ0v) is 25.2. The summed E-state index contributed by atoms with van der Waals surface area (Å²) in [6.07, 6.45) is -4.61. The highest BCUT2D eigenvalue weighted by molar-refractivity contribution is 7.91. The van der Waals surface area contributed by atoms with Gasteiger partial charge < -0.3 is 4.84 Å². The van der Waals surface area contributed by atoms with Crippen molar-refractivity contribution in [1.29, 1.82) is 0 Å². The Balaban J connectivity index is 1.84. The van der Waals surface area contributed by atoms with Crippen LogP contribution in [0.5, 0.6) is 0 Å². The number of halogens is 7. The summed E-state index contributed by atoms with van der Waals surface area (Å²) in [5.74, 6) is -2.26. The van der Waals surface area contributed by atoms with E-state index in [0.29, 0.717) is 5.56 Å². The van der Waals surface area contributed by atoms with Crippen LogP contribution in [0.4, 0.5) is 17.6 Å². The van der Waals surface area contributed by atoms with Crippen LogP contribution in [0, 0.1) is 11.8 Å². The smallest absolute Gasteiger partial charge is 0.374 e. The summed E-state index contributed by atoms with van der Waals surface area (Å²) < 4.78 is 82.1. The fourth-order valence-electron chi connectivity index (χ4n) is 4.67. The van der Waals surface area contributed by atoms with Crippen LogP contribution in [0.15, 0.2) is 41.6 Å². The third kappa shape index (κ3) is 6.77. The molecule has 0 aliphatic carbocycles. The van der Waals surface area contributed by atoms with E-state index in [1.54, 1.807) is 20.8 Å². The molecule has 1 aliphatic heterocycles. The Morgan fingerprint density at radius 2 is 1.62 bits per heavy atom. The van der Waals surface area contributed by atoms with Gasteiger partial charge in [0.1, 0.15) is 11.4 Å². The van der Waals surface area contributed by atoms with Crippen molar-refractivity contribution in [1.82, 2.24) is 0 Å². The summed E-state index contributed by atoms with van der Waals surface area (Å²) >= 11 is 17.9. The summed E-state index contributed by atoms with van der Waals surface area (Å²) in [6.45, 7) is 4.89. The lowest BCUT2D eigenvalue weighted by atomic mass is 9.79. The van der Waals surface area contributed by atoms with Crippen molar-refractivity contribution in [2.75, 3.05) is 12.0 Å². The van der Waals surface area contributed by atoms with Gasteiger partial charge in [-0.15, -0.1) is 0 Å². The van der Waals surface area contributed by atoms with Crippen LogP contribution in [-0.2, 0) is 30.7 Å². The Labute approximate surface area is 245 Å². The predicted molar refractivity (Wildman–Crippen MR) is 149 cm³/mol. The van der Waals surface area contributed by atoms with Gasteiger partial charge in [0.15, 0.2) is 15.6 Å². The molecule has 5 nitrogen and oxygen atoms in total. The van der Waals surface area contributed by atoms with E-state index in [1.807, 2.05) is 0 Å². The van der Waals surface area contributed by atoms with Gasteiger partial charge >= 0.3 is 6.18 Å². The second-order valence-corrected chi connectivity index (χ2v) is 13.6. The number of ketones is 1. The molecule has 40 heavy (non-hydrogen) atoms. The highest BCUT2D eigenvalue weighted by atomic mass is 35.5. The van der Waals surface area contributed by atoms with Crippen molar-refractivity contribution in [3.63, 3.8) is 0 Å². The van der Waals surface area contributed by atoms with Crippen molar-refractivity contribution in [3.05, 3.63) is 68.2 Å². The number of hydrogen-bond acceptors (Lipinski definition) is 5. The van der Waals surface area contributed by atoms with E-state index >= 15 is 4.39 Å². The van der Waals surface area contributed by atoms with Crippen LogP contribution < -0.4 is 0 Å². The molecule has 13 heteroatoms. The van der Waals surface area contributed by atoms with Gasteiger partial charge in [-0.05, 0) is 42.0 Å². The van der Waals surface area contributed by atoms with Gasteiger partial charge in [-0.25, -0.2) is 12.8 Å². The van der Waals surface area contributed by atoms with E-state index in [4.69, 9.17) is 39.6 Å². The summed E-state index contributed by atoms with van der Waals surface area (Å²) in [5, 5.41) is 3.28. The maximum Gasteiger partial charge on any atom is 0.435 e. The average molecular weight is 645 g/mol. The molecule has 0 radical (unpaired) electrons. The fraction of sp³-hybridized carbons (Fsp3) is 0.481. The highest BCUT2D eigenvalue weighted by Gasteiger charge is 2.62. The first-order chi connectivity index (χ1) is 18.3. The minimum absolute atomic E-state index is 0.0135. The number of oxime groups is 1. The van der Waals surface area contributed by atoms with Gasteiger partial charge in [-0.3, -0.25) is 4.79 Å². The third-order valence-corrected chi connectivity index (χ3v) is 9.35. The molecule has 0 bridgehead atoms. The molecule has 2 aromatic rings. The normalized spacial score (nSPS) is 20.8. The summed E-state index contributed by atoms with van der Waals surface area (Å²) in [5.41, 5.74) is -4.53. The SMILES string of the molecule is CCC(F)(CC(C)C(C)C(=O)CS(C)(=O)=O)c1ccc(C2=NOC(c3cc(Cl)c(Cl)c(Cl)c3)(C(F)(F)F)C2)cc1. The number of carbonyl (C=O) groups excluding carboxylic acids is 1. The molecule has 220 valence electrons. The molecule has 0 saturated heterocycles. The summed E-state index contributed by atoms with van der Waals surface area (Å²) in [7, 11) is -3.51. The number of hydrogen-bond donors (Lipinski definition) is 0. The number of sulfone groups is 1. The van der Waals surface area contributed by atoms with Crippen molar-refractivity contribution in [2.45, 2.75) is 57.5 Å². The van der Waals surface area contributed by atoms with Crippen LogP contribution in [0.2, 0.25) is 15.1 Å². The molecular formula is C27H28Cl3F4NO4S. The van der Waals surface area contributed by atoms with E-state index < -0.39 is 57.1 Å². The first kappa shape index (κ1) is 32.6. The Morgan fingerprint density at radius 1 is 1.07 bits per heavy atom. The van der Waals surface area contributed by atoms with Crippen molar-refractivity contribution < 1.29 is 35.6 Å². The molecule has 4 unspecified atom stereocenters. The van der Waals surface area contributed by atoms with Crippen LogP contribution in [0.3, 0.4) is 0 Å². The van der Waals surface area contributed by atoms with Crippen LogP contribution in [-0.4, -0.2) is 38.1 Å². The van der Waals surface area contributed by atoms with Crippen LogP contribution >= 0.6 is 34.8 Å². The highest BCUT2D eigenvalue weighted by Crippen LogP contribution is 2.50. The predicted octanol–water partition coefficient (Wildman–Crippen LogP) is 8.08. The van der Waals surface area contributed by atoms with Gasteiger partial charge in [-0.2, -0.15) is 13.2 Å². The first-order valence-electron chi connectivity index (χ1n) is 12.3. The molecule has 0 fully saturated rings. The minimum Gasteiger partial charge on any atom is -0.374 e. The number of nitrogens with zero attached hydrogens (tertiary/aromatic N) is 1. The molecule has 0 N–H and O–H groups in total. The largest absolute Gasteiger partial charge is 0.435 e. The molecule has 1 heterocycles. The molecule has 3 rings (SSSR count). The molecule has 4 atom stereocenters. The standard InChI is InChI=1S/C27H28Cl3F4NO4S/c1-5-25(31,12-15(2)16(3)23(36)14-40(4,37)38)18-8-6-17(7-9-18)22-13-26(39-35-22,27(32,33)34)19-10-20(28)24(30)21(29)11-19/h6-11,15-16H,5,12-14H2,1-4H3. The average Bonchev–Trinajstić information content (AvgIpc) is 3.32. The molecular weight excluding hydrogens is 617 g/mol. The Morgan fingerprint density at radius 3 is 2.10 bits per heavy atom. The lowest BCUT2D eigenvalue weighted by molar-refractivity contribution is -0.275. The monoisotopic (exact) mass is 643 g/mol. The van der Waals surface area contributed by atoms with Gasteiger partial charge in [0.25, 0.3) is 5.60 Å². The summed E-state index contributed by atoms with van der Waals surface area (Å²) in [4.78, 5) is 17.4. The fourth-order valence-corrected chi connectivity index (χ4v) is 6.05. The third-order valence-electron chi connectivity index (χ3n) is 7.34. The Kier molecular flexibility index (Phi) is 9.61. The van der Waals surface area contributed by atoms with E-state index in [-0.39, 0.29) is 44.7 Å². The zero-order chi connectivity index (χ0) is 30.3. The number of benzene rings is 2. The van der Waals surface area contributed by atoms with E-state index in [1.165, 1.54) is 24.3 Å². The number of alkyl halides is 4. The van der Waals surface area contributed by atoms with Gasteiger partial charge in [-0.1, -0.05) is 85.0 Å². The minimum atomic E-state index is -4.89. The zero-order valence-electron chi connectivity index (χ0n) is 22.1. The van der Waals surface area contributed by atoms with Crippen LogP contribution in [0.25, 0.3) is 0 Å². The van der Waals surface area contributed by atoms with Gasteiger partial charge in [0, 0.05) is 24.2 Å². The quantitative estimate of drug-likeness (QED) is 0.194. The summed E-state index contributed by atoms with van der Waals surface area (Å²) in [6, 6.07) is 7.90. The Bertz CT molecular complexity index is 1390. The first-order valence-corrected chi connectivity index (χ1v) is 15.5. The van der Waals surface area contributed by atoms with E-state index in [0.717, 1.165) is 18.4 Å².